The summed E-state index contributed by atoms with van der Waals surface area (Å²) in [5.41, 5.74) is 0.154. The van der Waals surface area contributed by atoms with Crippen LogP contribution < -0.4 is 10.9 Å². The summed E-state index contributed by atoms with van der Waals surface area (Å²) < 4.78 is 1.34. The lowest BCUT2D eigenvalue weighted by molar-refractivity contribution is 0.0933. The van der Waals surface area contributed by atoms with Crippen molar-refractivity contribution in [2.24, 2.45) is 0 Å². The number of benzene rings is 1. The summed E-state index contributed by atoms with van der Waals surface area (Å²) in [6.07, 6.45) is 1.92. The van der Waals surface area contributed by atoms with Gasteiger partial charge in [-0.15, -0.1) is 0 Å². The van der Waals surface area contributed by atoms with Crippen molar-refractivity contribution in [3.63, 3.8) is 0 Å². The monoisotopic (exact) mass is 287 g/mol. The topological polar surface area (TPSA) is 64.0 Å². The van der Waals surface area contributed by atoms with E-state index in [0.717, 1.165) is 12.8 Å². The zero-order valence-electron chi connectivity index (χ0n) is 12.7. The second-order valence-electron chi connectivity index (χ2n) is 5.18. The molecule has 0 bridgehead atoms. The number of aryl methyl sites for hydroxylation is 1. The lowest BCUT2D eigenvalue weighted by Crippen LogP contribution is -2.35. The Kier molecular flexibility index (Phi) is 4.73. The first-order chi connectivity index (χ1) is 10.1. The van der Waals surface area contributed by atoms with Crippen molar-refractivity contribution in [3.8, 4) is 0 Å². The van der Waals surface area contributed by atoms with E-state index in [0.29, 0.717) is 23.0 Å². The minimum Gasteiger partial charge on any atom is -0.348 e. The van der Waals surface area contributed by atoms with Crippen molar-refractivity contribution in [2.45, 2.75) is 46.2 Å². The number of carbonyl (C=O) groups is 1. The van der Waals surface area contributed by atoms with Crippen molar-refractivity contribution < 1.29 is 4.79 Å². The maximum absolute atomic E-state index is 12.4. The van der Waals surface area contributed by atoms with Crippen molar-refractivity contribution >= 4 is 16.7 Å². The molecule has 1 aromatic carbocycles. The van der Waals surface area contributed by atoms with E-state index in [1.165, 1.54) is 4.68 Å². The van der Waals surface area contributed by atoms with Gasteiger partial charge >= 0.3 is 0 Å². The predicted molar refractivity (Wildman–Crippen MR) is 83.5 cm³/mol. The van der Waals surface area contributed by atoms with Gasteiger partial charge in [0, 0.05) is 18.0 Å². The molecule has 1 heterocycles. The lowest BCUT2D eigenvalue weighted by Gasteiger charge is -2.14. The summed E-state index contributed by atoms with van der Waals surface area (Å²) in [6.45, 7) is 6.33. The molecule has 1 atom stereocenters. The van der Waals surface area contributed by atoms with Crippen LogP contribution in [0.4, 0.5) is 0 Å². The summed E-state index contributed by atoms with van der Waals surface area (Å²) >= 11 is 0. The van der Waals surface area contributed by atoms with Crippen molar-refractivity contribution in [3.05, 3.63) is 40.3 Å². The van der Waals surface area contributed by atoms with Crippen LogP contribution in [0.25, 0.3) is 10.8 Å². The molecule has 112 valence electrons. The molecule has 0 spiro atoms. The highest BCUT2D eigenvalue weighted by Gasteiger charge is 2.17. The number of hydrogen-bond acceptors (Lipinski definition) is 3. The molecule has 1 aromatic heterocycles. The average molecular weight is 287 g/mol. The second-order valence-corrected chi connectivity index (χ2v) is 5.18. The van der Waals surface area contributed by atoms with E-state index >= 15 is 0 Å². The lowest BCUT2D eigenvalue weighted by atomic mass is 10.1. The Hall–Kier alpha value is -2.17. The average Bonchev–Trinajstić information content (AvgIpc) is 2.48. The van der Waals surface area contributed by atoms with Crippen LogP contribution in [0.15, 0.2) is 29.1 Å². The molecule has 2 rings (SSSR count). The molecule has 2 aromatic rings. The first-order valence-electron chi connectivity index (χ1n) is 7.39. The Balaban J connectivity index is 2.50. The van der Waals surface area contributed by atoms with E-state index in [1.54, 1.807) is 18.2 Å². The van der Waals surface area contributed by atoms with Crippen LogP contribution >= 0.6 is 0 Å². The fraction of sp³-hybridized carbons (Fsp3) is 0.438. The summed E-state index contributed by atoms with van der Waals surface area (Å²) in [5, 5.41) is 8.30. The number of fused-ring (bicyclic) bond motifs is 1. The van der Waals surface area contributed by atoms with E-state index < -0.39 is 0 Å². The summed E-state index contributed by atoms with van der Waals surface area (Å²) in [5.74, 6) is -0.227. The minimum atomic E-state index is -0.227. The van der Waals surface area contributed by atoms with Gasteiger partial charge in [0.05, 0.1) is 5.39 Å². The molecular formula is C16H21N3O2. The van der Waals surface area contributed by atoms with Crippen LogP contribution in [0.3, 0.4) is 0 Å². The molecule has 0 fully saturated rings. The zero-order valence-corrected chi connectivity index (χ0v) is 12.7. The Bertz CT molecular complexity index is 706. The SMILES string of the molecule is CCCC(C)NC(=O)c1nn(CC)c(=O)c2ccccc12. The van der Waals surface area contributed by atoms with E-state index in [1.807, 2.05) is 19.9 Å². The molecule has 1 unspecified atom stereocenters. The molecule has 21 heavy (non-hydrogen) atoms. The quantitative estimate of drug-likeness (QED) is 0.918. The molecule has 5 heteroatoms. The maximum Gasteiger partial charge on any atom is 0.274 e. The van der Waals surface area contributed by atoms with E-state index in [4.69, 9.17) is 0 Å². The number of hydrogen-bond donors (Lipinski definition) is 1. The molecule has 0 aliphatic rings. The Labute approximate surface area is 124 Å². The van der Waals surface area contributed by atoms with Crippen LogP contribution in [0.2, 0.25) is 0 Å². The second kappa shape index (κ2) is 6.52. The molecule has 0 saturated carbocycles. The van der Waals surface area contributed by atoms with Gasteiger partial charge in [-0.25, -0.2) is 4.68 Å². The third kappa shape index (κ3) is 3.12. The van der Waals surface area contributed by atoms with Gasteiger partial charge in [-0.05, 0) is 26.3 Å². The third-order valence-corrected chi connectivity index (χ3v) is 3.48. The number of nitrogens with zero attached hydrogens (tertiary/aromatic N) is 2. The van der Waals surface area contributed by atoms with Crippen molar-refractivity contribution in [2.75, 3.05) is 0 Å². The van der Waals surface area contributed by atoms with Gasteiger partial charge in [-0.2, -0.15) is 5.10 Å². The molecule has 0 radical (unpaired) electrons. The van der Waals surface area contributed by atoms with Gasteiger partial charge in [-0.3, -0.25) is 9.59 Å². The van der Waals surface area contributed by atoms with Crippen LogP contribution in [-0.2, 0) is 6.54 Å². The molecular weight excluding hydrogens is 266 g/mol. The summed E-state index contributed by atoms with van der Waals surface area (Å²) in [4.78, 5) is 24.7. The molecule has 1 amide bonds. The molecule has 0 aliphatic heterocycles. The maximum atomic E-state index is 12.4. The van der Waals surface area contributed by atoms with Gasteiger partial charge in [-0.1, -0.05) is 31.5 Å². The van der Waals surface area contributed by atoms with Gasteiger partial charge in [0.25, 0.3) is 11.5 Å². The number of aromatic nitrogens is 2. The third-order valence-electron chi connectivity index (χ3n) is 3.48. The minimum absolute atomic E-state index is 0.0880. The van der Waals surface area contributed by atoms with Gasteiger partial charge in [0.2, 0.25) is 0 Å². The number of rotatable bonds is 5. The normalized spacial score (nSPS) is 12.3. The van der Waals surface area contributed by atoms with Crippen molar-refractivity contribution in [1.82, 2.24) is 15.1 Å². The number of nitrogens with one attached hydrogen (secondary N) is 1. The fourth-order valence-corrected chi connectivity index (χ4v) is 2.41. The van der Waals surface area contributed by atoms with Crippen molar-refractivity contribution in [1.29, 1.82) is 0 Å². The Morgan fingerprint density at radius 1 is 1.29 bits per heavy atom. The highest BCUT2D eigenvalue weighted by Crippen LogP contribution is 2.13. The first kappa shape index (κ1) is 15.2. The largest absolute Gasteiger partial charge is 0.348 e. The molecule has 1 N–H and O–H groups in total. The summed E-state index contributed by atoms with van der Waals surface area (Å²) in [7, 11) is 0. The molecule has 5 nitrogen and oxygen atoms in total. The van der Waals surface area contributed by atoms with E-state index in [2.05, 4.69) is 17.3 Å². The van der Waals surface area contributed by atoms with Gasteiger partial charge < -0.3 is 5.32 Å². The number of carbonyl (C=O) groups excluding carboxylic acids is 1. The Morgan fingerprint density at radius 3 is 2.57 bits per heavy atom. The van der Waals surface area contributed by atoms with Crippen LogP contribution in [0.5, 0.6) is 0 Å². The zero-order chi connectivity index (χ0) is 15.4. The van der Waals surface area contributed by atoms with Crippen LogP contribution in [0, 0.1) is 0 Å². The van der Waals surface area contributed by atoms with Gasteiger partial charge in [0.1, 0.15) is 0 Å². The first-order valence-corrected chi connectivity index (χ1v) is 7.39. The predicted octanol–water partition coefficient (Wildman–Crippen LogP) is 2.33. The van der Waals surface area contributed by atoms with Crippen LogP contribution in [-0.4, -0.2) is 21.7 Å². The molecule has 0 saturated heterocycles. The smallest absolute Gasteiger partial charge is 0.274 e. The van der Waals surface area contributed by atoms with Gasteiger partial charge in [0.15, 0.2) is 5.69 Å². The van der Waals surface area contributed by atoms with E-state index in [9.17, 15) is 9.59 Å². The Morgan fingerprint density at radius 2 is 1.95 bits per heavy atom. The summed E-state index contributed by atoms with van der Waals surface area (Å²) in [6, 6.07) is 7.20. The highest BCUT2D eigenvalue weighted by atomic mass is 16.2. The van der Waals surface area contributed by atoms with E-state index in [-0.39, 0.29) is 17.5 Å². The fourth-order valence-electron chi connectivity index (χ4n) is 2.41. The standard InChI is InChI=1S/C16H21N3O2/c1-4-8-11(3)17-15(20)14-12-9-6-7-10-13(12)16(21)19(5-2)18-14/h6-7,9-11H,4-5,8H2,1-3H3,(H,17,20). The number of amides is 1. The highest BCUT2D eigenvalue weighted by molar-refractivity contribution is 6.04. The molecule has 0 aliphatic carbocycles. The van der Waals surface area contributed by atoms with Crippen LogP contribution in [0.1, 0.15) is 44.1 Å².